The molecular weight excluding hydrogens is 367 g/mol. The molecule has 0 amide bonds. The van der Waals surface area contributed by atoms with Crippen LogP contribution in [0.1, 0.15) is 15.9 Å². The minimum Gasteiger partial charge on any atom is -0.398 e. The molecule has 5 nitrogen and oxygen atoms in total. The van der Waals surface area contributed by atoms with Crippen LogP contribution in [0.3, 0.4) is 0 Å². The Morgan fingerprint density at radius 3 is 2.59 bits per heavy atom. The second kappa shape index (κ2) is 8.41. The van der Waals surface area contributed by atoms with E-state index in [1.54, 1.807) is 18.3 Å². The van der Waals surface area contributed by atoms with E-state index in [4.69, 9.17) is 5.73 Å². The number of benzene rings is 2. The van der Waals surface area contributed by atoms with Gasteiger partial charge in [-0.1, -0.05) is 18.2 Å². The van der Waals surface area contributed by atoms with Crippen molar-refractivity contribution in [3.8, 4) is 11.1 Å². The molecule has 0 saturated carbocycles. The lowest BCUT2D eigenvalue weighted by Crippen LogP contribution is -2.43. The molecule has 1 fully saturated rings. The van der Waals surface area contributed by atoms with Crippen LogP contribution >= 0.6 is 0 Å². The van der Waals surface area contributed by atoms with Gasteiger partial charge >= 0.3 is 0 Å². The fourth-order valence-electron chi connectivity index (χ4n) is 3.51. The van der Waals surface area contributed by atoms with E-state index in [2.05, 4.69) is 15.2 Å². The largest absolute Gasteiger partial charge is 0.398 e. The number of carbonyl (C=O) groups is 1. The van der Waals surface area contributed by atoms with E-state index in [9.17, 15) is 9.18 Å². The van der Waals surface area contributed by atoms with Gasteiger partial charge in [0.25, 0.3) is 0 Å². The van der Waals surface area contributed by atoms with Gasteiger partial charge < -0.3 is 16.0 Å². The second-order valence-electron chi connectivity index (χ2n) is 7.17. The van der Waals surface area contributed by atoms with Crippen molar-refractivity contribution in [3.05, 3.63) is 77.7 Å². The molecule has 3 aromatic rings. The van der Waals surface area contributed by atoms with Gasteiger partial charge in [0, 0.05) is 50.0 Å². The van der Waals surface area contributed by atoms with E-state index in [1.165, 1.54) is 12.1 Å². The highest BCUT2D eigenvalue weighted by Gasteiger charge is 2.14. The van der Waals surface area contributed by atoms with Gasteiger partial charge in [0.05, 0.1) is 0 Å². The molecule has 0 atom stereocenters. The lowest BCUT2D eigenvalue weighted by molar-refractivity contribution is 0.0993. The van der Waals surface area contributed by atoms with Gasteiger partial charge in [0.2, 0.25) is 0 Å². The Labute approximate surface area is 169 Å². The van der Waals surface area contributed by atoms with Gasteiger partial charge in [-0.2, -0.15) is 0 Å². The number of anilines is 2. The van der Waals surface area contributed by atoms with Gasteiger partial charge in [-0.3, -0.25) is 4.79 Å². The first-order chi connectivity index (χ1) is 14.1. The zero-order valence-corrected chi connectivity index (χ0v) is 16.1. The molecule has 2 heterocycles. The molecule has 1 saturated heterocycles. The van der Waals surface area contributed by atoms with Gasteiger partial charge in [-0.05, 0) is 53.1 Å². The Hall–Kier alpha value is -3.25. The Bertz CT molecular complexity index is 1010. The van der Waals surface area contributed by atoms with Crippen LogP contribution in [0.4, 0.5) is 15.9 Å². The molecule has 1 aromatic heterocycles. The van der Waals surface area contributed by atoms with Crippen molar-refractivity contribution in [3.63, 3.8) is 0 Å². The quantitative estimate of drug-likeness (QED) is 0.517. The number of aromatic nitrogens is 1. The summed E-state index contributed by atoms with van der Waals surface area (Å²) in [5, 5.41) is 3.31. The highest BCUT2D eigenvalue weighted by atomic mass is 19.1. The number of hydrogen-bond donors (Lipinski definition) is 2. The van der Waals surface area contributed by atoms with Crippen LogP contribution in [0, 0.1) is 5.82 Å². The number of nitrogens with two attached hydrogens (primary N) is 1. The summed E-state index contributed by atoms with van der Waals surface area (Å²) in [6.45, 7) is 3.68. The lowest BCUT2D eigenvalue weighted by atomic mass is 9.97. The minimum absolute atomic E-state index is 0.0487. The van der Waals surface area contributed by atoms with E-state index >= 15 is 0 Å². The average molecular weight is 390 g/mol. The van der Waals surface area contributed by atoms with Crippen molar-refractivity contribution < 1.29 is 9.18 Å². The van der Waals surface area contributed by atoms with Crippen molar-refractivity contribution in [1.82, 2.24) is 10.3 Å². The van der Waals surface area contributed by atoms with Gasteiger partial charge in [-0.25, -0.2) is 9.37 Å². The molecule has 3 N–H and O–H groups in total. The van der Waals surface area contributed by atoms with Crippen molar-refractivity contribution >= 4 is 17.3 Å². The van der Waals surface area contributed by atoms with Crippen LogP contribution in [0.25, 0.3) is 11.1 Å². The Morgan fingerprint density at radius 2 is 1.86 bits per heavy atom. The summed E-state index contributed by atoms with van der Waals surface area (Å²) >= 11 is 0. The highest BCUT2D eigenvalue weighted by molar-refractivity contribution is 5.98. The first kappa shape index (κ1) is 19.1. The van der Waals surface area contributed by atoms with E-state index in [0.717, 1.165) is 48.7 Å². The summed E-state index contributed by atoms with van der Waals surface area (Å²) in [7, 11) is 0. The SMILES string of the molecule is Nc1ccc(-c2cccc(F)c2)cc1CC(=O)c1ccc(N2CCNCC2)nc1. The monoisotopic (exact) mass is 390 g/mol. The highest BCUT2D eigenvalue weighted by Crippen LogP contribution is 2.25. The van der Waals surface area contributed by atoms with Crippen LogP contribution < -0.4 is 16.0 Å². The third-order valence-electron chi connectivity index (χ3n) is 5.16. The van der Waals surface area contributed by atoms with Crippen LogP contribution in [-0.2, 0) is 6.42 Å². The molecule has 4 rings (SSSR count). The average Bonchev–Trinajstić information content (AvgIpc) is 2.76. The Balaban J connectivity index is 1.51. The molecule has 0 bridgehead atoms. The van der Waals surface area contributed by atoms with Crippen LogP contribution in [0.5, 0.6) is 0 Å². The molecule has 148 valence electrons. The number of ketones is 1. The Morgan fingerprint density at radius 1 is 1.07 bits per heavy atom. The standard InChI is InChI=1S/C23H23FN4O/c24-20-3-1-2-16(13-20)17-4-6-21(25)19(12-17)14-22(29)18-5-7-23(27-15-18)28-10-8-26-9-11-28/h1-7,12-13,15,26H,8-11,14,25H2. The van der Waals surface area contributed by atoms with E-state index in [0.29, 0.717) is 11.3 Å². The maximum atomic E-state index is 13.5. The summed E-state index contributed by atoms with van der Waals surface area (Å²) < 4.78 is 13.5. The number of halogens is 1. The molecule has 29 heavy (non-hydrogen) atoms. The zero-order valence-electron chi connectivity index (χ0n) is 16.1. The van der Waals surface area contributed by atoms with Crippen LogP contribution in [-0.4, -0.2) is 36.9 Å². The third-order valence-corrected chi connectivity index (χ3v) is 5.16. The third kappa shape index (κ3) is 4.43. The van der Waals surface area contributed by atoms with Crippen LogP contribution in [0.15, 0.2) is 60.8 Å². The molecule has 1 aliphatic heterocycles. The number of pyridine rings is 1. The molecule has 0 radical (unpaired) electrons. The summed E-state index contributed by atoms with van der Waals surface area (Å²) in [5.74, 6) is 0.538. The van der Waals surface area contributed by atoms with E-state index < -0.39 is 0 Å². The fourth-order valence-corrected chi connectivity index (χ4v) is 3.51. The maximum Gasteiger partial charge on any atom is 0.168 e. The molecule has 0 spiro atoms. The first-order valence-electron chi connectivity index (χ1n) is 9.69. The summed E-state index contributed by atoms with van der Waals surface area (Å²) in [4.78, 5) is 19.4. The molecular formula is C23H23FN4O. The van der Waals surface area contributed by atoms with Crippen molar-refractivity contribution in [2.24, 2.45) is 0 Å². The minimum atomic E-state index is -0.299. The number of nitrogens with one attached hydrogen (secondary N) is 1. The normalized spacial score (nSPS) is 14.0. The first-order valence-corrected chi connectivity index (χ1v) is 9.69. The molecule has 1 aliphatic rings. The molecule has 6 heteroatoms. The van der Waals surface area contributed by atoms with E-state index in [-0.39, 0.29) is 18.0 Å². The topological polar surface area (TPSA) is 71.2 Å². The fraction of sp³-hybridized carbons (Fsp3) is 0.217. The predicted octanol–water partition coefficient (Wildman–Crippen LogP) is 3.30. The van der Waals surface area contributed by atoms with Gasteiger partial charge in [0.1, 0.15) is 11.6 Å². The van der Waals surface area contributed by atoms with Crippen molar-refractivity contribution in [2.75, 3.05) is 36.8 Å². The number of carbonyl (C=O) groups excluding carboxylic acids is 1. The second-order valence-corrected chi connectivity index (χ2v) is 7.17. The smallest absolute Gasteiger partial charge is 0.168 e. The number of hydrogen-bond acceptors (Lipinski definition) is 5. The summed E-state index contributed by atoms with van der Waals surface area (Å²) in [6, 6.07) is 15.5. The lowest BCUT2D eigenvalue weighted by Gasteiger charge is -2.28. The number of rotatable bonds is 5. The zero-order chi connectivity index (χ0) is 20.2. The summed E-state index contributed by atoms with van der Waals surface area (Å²) in [6.07, 6.45) is 1.80. The van der Waals surface area contributed by atoms with Crippen molar-refractivity contribution in [1.29, 1.82) is 0 Å². The molecule has 0 unspecified atom stereocenters. The van der Waals surface area contributed by atoms with Crippen LogP contribution in [0.2, 0.25) is 0 Å². The Kier molecular flexibility index (Phi) is 5.53. The van der Waals surface area contributed by atoms with E-state index in [1.807, 2.05) is 30.3 Å². The number of piperazine rings is 1. The van der Waals surface area contributed by atoms with Gasteiger partial charge in [-0.15, -0.1) is 0 Å². The van der Waals surface area contributed by atoms with Crippen molar-refractivity contribution in [2.45, 2.75) is 6.42 Å². The molecule has 2 aromatic carbocycles. The summed E-state index contributed by atoms with van der Waals surface area (Å²) in [5.41, 5.74) is 9.49. The predicted molar refractivity (Wildman–Crippen MR) is 114 cm³/mol. The van der Waals surface area contributed by atoms with Gasteiger partial charge in [0.15, 0.2) is 5.78 Å². The number of nitrogen functional groups attached to an aromatic ring is 1. The number of nitrogens with zero attached hydrogens (tertiary/aromatic N) is 2. The molecule has 0 aliphatic carbocycles. The maximum absolute atomic E-state index is 13.5. The number of Topliss-reactive ketones (excluding diaryl/α,β-unsaturated/α-hetero) is 1.